The molecule has 2 N–H and O–H groups in total. The number of aryl methyl sites for hydroxylation is 1. The number of rotatable bonds is 6. The van der Waals surface area contributed by atoms with E-state index in [-0.39, 0.29) is 35.6 Å². The van der Waals surface area contributed by atoms with Gasteiger partial charge in [-0.15, -0.1) is 0 Å². The highest BCUT2D eigenvalue weighted by Crippen LogP contribution is 2.28. The van der Waals surface area contributed by atoms with Gasteiger partial charge in [0.15, 0.2) is 11.5 Å². The van der Waals surface area contributed by atoms with Crippen LogP contribution in [0.15, 0.2) is 52.5 Å². The van der Waals surface area contributed by atoms with E-state index in [1.54, 1.807) is 42.5 Å². The highest BCUT2D eigenvalue weighted by Gasteiger charge is 2.32. The number of hydrazone groups is 1. The Morgan fingerprint density at radius 2 is 1.87 bits per heavy atom. The summed E-state index contributed by atoms with van der Waals surface area (Å²) in [6.07, 6.45) is 2.17. The molecule has 0 spiro atoms. The van der Waals surface area contributed by atoms with E-state index < -0.39 is 10.0 Å². The number of carbonyl (C=O) groups is 1. The van der Waals surface area contributed by atoms with Crippen molar-refractivity contribution in [2.45, 2.75) is 24.7 Å². The van der Waals surface area contributed by atoms with E-state index in [1.165, 1.54) is 17.6 Å². The Hall–Kier alpha value is -2.91. The van der Waals surface area contributed by atoms with E-state index in [4.69, 9.17) is 4.74 Å². The van der Waals surface area contributed by atoms with Crippen molar-refractivity contribution in [3.8, 4) is 11.5 Å². The maximum absolute atomic E-state index is 12.8. The highest BCUT2D eigenvalue weighted by molar-refractivity contribution is 7.89. The van der Waals surface area contributed by atoms with Gasteiger partial charge < -0.3 is 9.84 Å². The number of amides is 1. The number of benzene rings is 2. The summed E-state index contributed by atoms with van der Waals surface area (Å²) in [6, 6.07) is 11.7. The van der Waals surface area contributed by atoms with Crippen LogP contribution >= 0.6 is 0 Å². The molecule has 0 aromatic heterocycles. The van der Waals surface area contributed by atoms with Crippen molar-refractivity contribution in [3.63, 3.8) is 0 Å². The number of carbonyl (C=O) groups excluding carboxylic acids is 1. The van der Waals surface area contributed by atoms with Gasteiger partial charge in [0, 0.05) is 24.6 Å². The van der Waals surface area contributed by atoms with E-state index >= 15 is 0 Å². The highest BCUT2D eigenvalue weighted by atomic mass is 32.2. The van der Waals surface area contributed by atoms with Gasteiger partial charge in [-0.2, -0.15) is 9.41 Å². The number of methoxy groups -OCH3 is 1. The fourth-order valence-corrected chi connectivity index (χ4v) is 4.75. The van der Waals surface area contributed by atoms with Crippen molar-refractivity contribution in [1.82, 2.24) is 9.73 Å². The summed E-state index contributed by atoms with van der Waals surface area (Å²) in [5.41, 5.74) is 3.87. The number of hydrogen-bond acceptors (Lipinski definition) is 6. The Morgan fingerprint density at radius 1 is 1.20 bits per heavy atom. The van der Waals surface area contributed by atoms with Gasteiger partial charge in [0.2, 0.25) is 15.9 Å². The normalized spacial score (nSPS) is 15.9. The van der Waals surface area contributed by atoms with Crippen LogP contribution in [-0.2, 0) is 14.8 Å². The van der Waals surface area contributed by atoms with E-state index in [2.05, 4.69) is 10.5 Å². The van der Waals surface area contributed by atoms with E-state index in [0.29, 0.717) is 24.2 Å². The first-order valence-corrected chi connectivity index (χ1v) is 11.0. The van der Waals surface area contributed by atoms with Crippen LogP contribution in [0.1, 0.15) is 24.0 Å². The van der Waals surface area contributed by atoms with E-state index in [9.17, 15) is 18.3 Å². The van der Waals surface area contributed by atoms with Crippen LogP contribution in [0.5, 0.6) is 11.5 Å². The van der Waals surface area contributed by atoms with Crippen molar-refractivity contribution in [2.24, 2.45) is 11.0 Å². The van der Waals surface area contributed by atoms with E-state index in [1.807, 2.05) is 6.92 Å². The average Bonchev–Trinajstić information content (AvgIpc) is 2.75. The zero-order valence-electron chi connectivity index (χ0n) is 16.9. The number of phenolic OH excluding ortho intramolecular Hbond substituents is 1. The van der Waals surface area contributed by atoms with Crippen LogP contribution in [-0.4, -0.2) is 50.2 Å². The molecule has 0 bridgehead atoms. The van der Waals surface area contributed by atoms with Gasteiger partial charge in [0.1, 0.15) is 0 Å². The Labute approximate surface area is 176 Å². The summed E-state index contributed by atoms with van der Waals surface area (Å²) in [4.78, 5) is 12.6. The first-order valence-electron chi connectivity index (χ1n) is 9.58. The second-order valence-electron chi connectivity index (χ2n) is 7.12. The first kappa shape index (κ1) is 21.8. The number of ether oxygens (including phenoxy) is 1. The number of sulfonamides is 1. The van der Waals surface area contributed by atoms with Gasteiger partial charge >= 0.3 is 0 Å². The Balaban J connectivity index is 1.56. The molecule has 3 rings (SSSR count). The van der Waals surface area contributed by atoms with Crippen molar-refractivity contribution < 1.29 is 23.1 Å². The molecule has 1 aliphatic rings. The average molecular weight is 432 g/mol. The third-order valence-corrected chi connectivity index (χ3v) is 7.02. The van der Waals surface area contributed by atoms with Gasteiger partial charge in [-0.3, -0.25) is 4.79 Å². The van der Waals surface area contributed by atoms with Crippen molar-refractivity contribution in [2.75, 3.05) is 20.2 Å². The molecule has 0 atom stereocenters. The van der Waals surface area contributed by atoms with Crippen LogP contribution in [0.2, 0.25) is 0 Å². The topological polar surface area (TPSA) is 108 Å². The molecule has 0 aliphatic carbocycles. The van der Waals surface area contributed by atoms with Gasteiger partial charge in [-0.1, -0.05) is 23.8 Å². The minimum atomic E-state index is -3.56. The molecule has 30 heavy (non-hydrogen) atoms. The summed E-state index contributed by atoms with van der Waals surface area (Å²) < 4.78 is 32.0. The molecule has 1 saturated heterocycles. The number of aromatic hydroxyl groups is 1. The maximum Gasteiger partial charge on any atom is 0.243 e. The zero-order chi connectivity index (χ0) is 21.7. The lowest BCUT2D eigenvalue weighted by Gasteiger charge is -2.30. The second kappa shape index (κ2) is 9.27. The first-order chi connectivity index (χ1) is 14.3. The molecule has 0 saturated carbocycles. The van der Waals surface area contributed by atoms with Crippen LogP contribution in [0.25, 0.3) is 0 Å². The molecular weight excluding hydrogens is 406 g/mol. The predicted molar refractivity (Wildman–Crippen MR) is 113 cm³/mol. The summed E-state index contributed by atoms with van der Waals surface area (Å²) in [5.74, 6) is -0.355. The molecule has 8 nitrogen and oxygen atoms in total. The third kappa shape index (κ3) is 4.80. The molecule has 2 aromatic carbocycles. The molecule has 0 radical (unpaired) electrons. The largest absolute Gasteiger partial charge is 0.504 e. The summed E-state index contributed by atoms with van der Waals surface area (Å²) in [7, 11) is -2.11. The fourth-order valence-electron chi connectivity index (χ4n) is 3.28. The minimum absolute atomic E-state index is 0.0624. The summed E-state index contributed by atoms with van der Waals surface area (Å²) >= 11 is 0. The third-order valence-electron chi connectivity index (χ3n) is 5.11. The lowest BCUT2D eigenvalue weighted by Crippen LogP contribution is -2.42. The molecule has 160 valence electrons. The maximum atomic E-state index is 12.8. The summed E-state index contributed by atoms with van der Waals surface area (Å²) in [6.45, 7) is 2.45. The Bertz CT molecular complexity index is 1030. The number of nitrogens with zero attached hydrogens (tertiary/aromatic N) is 2. The number of phenols is 1. The lowest BCUT2D eigenvalue weighted by atomic mass is 9.98. The Kier molecular flexibility index (Phi) is 6.73. The monoisotopic (exact) mass is 431 g/mol. The second-order valence-corrected chi connectivity index (χ2v) is 9.06. The smallest absolute Gasteiger partial charge is 0.243 e. The SMILES string of the molecule is COc1cccc(/C=N/NC(=O)C2CCN(S(=O)(=O)c3ccc(C)cc3)CC2)c1O. The number of hydrogen-bond donors (Lipinski definition) is 2. The molecule has 1 heterocycles. The molecule has 9 heteroatoms. The summed E-state index contributed by atoms with van der Waals surface area (Å²) in [5, 5.41) is 13.9. The number of piperidine rings is 1. The molecule has 2 aromatic rings. The van der Waals surface area contributed by atoms with Gasteiger partial charge in [0.05, 0.1) is 18.2 Å². The number of para-hydroxylation sites is 1. The van der Waals surface area contributed by atoms with Crippen molar-refractivity contribution in [3.05, 3.63) is 53.6 Å². The molecule has 1 fully saturated rings. The van der Waals surface area contributed by atoms with Gasteiger partial charge in [-0.25, -0.2) is 13.8 Å². The van der Waals surface area contributed by atoms with Crippen LogP contribution in [0, 0.1) is 12.8 Å². The zero-order valence-corrected chi connectivity index (χ0v) is 17.7. The van der Waals surface area contributed by atoms with Gasteiger partial charge in [-0.05, 0) is 44.0 Å². The quantitative estimate of drug-likeness (QED) is 0.539. The van der Waals surface area contributed by atoms with Gasteiger partial charge in [0.25, 0.3) is 0 Å². The number of nitrogens with one attached hydrogen (secondary N) is 1. The predicted octanol–water partition coefficient (Wildman–Crippen LogP) is 2.26. The van der Waals surface area contributed by atoms with Crippen LogP contribution in [0.4, 0.5) is 0 Å². The van der Waals surface area contributed by atoms with Crippen LogP contribution in [0.3, 0.4) is 0 Å². The van der Waals surface area contributed by atoms with E-state index in [0.717, 1.165) is 5.56 Å². The Morgan fingerprint density at radius 3 is 2.50 bits per heavy atom. The van der Waals surface area contributed by atoms with Crippen LogP contribution < -0.4 is 10.2 Å². The fraction of sp³-hybridized carbons (Fsp3) is 0.333. The lowest BCUT2D eigenvalue weighted by molar-refractivity contribution is -0.126. The minimum Gasteiger partial charge on any atom is -0.504 e. The molecule has 1 aliphatic heterocycles. The van der Waals surface area contributed by atoms with Crippen molar-refractivity contribution >= 4 is 22.1 Å². The molecule has 1 amide bonds. The standard InChI is InChI=1S/C21H25N3O5S/c1-15-6-8-18(9-7-15)30(27,28)24-12-10-16(11-13-24)21(26)23-22-14-17-4-3-5-19(29-2)20(17)25/h3-9,14,16,25H,10-13H2,1-2H3,(H,23,26)/b22-14+. The molecular formula is C21H25N3O5S. The van der Waals surface area contributed by atoms with Crippen molar-refractivity contribution in [1.29, 1.82) is 0 Å². The molecule has 0 unspecified atom stereocenters.